The molecule has 0 bridgehead atoms. The Balaban J connectivity index is 1.99. The first-order valence-corrected chi connectivity index (χ1v) is 6.19. The van der Waals surface area contributed by atoms with E-state index in [4.69, 9.17) is 22.7 Å². The fraction of sp³-hybridized carbons (Fsp3) is 0.500. The van der Waals surface area contributed by atoms with Crippen LogP contribution < -0.4 is 5.73 Å². The lowest BCUT2D eigenvalue weighted by Gasteiger charge is -2.32. The highest BCUT2D eigenvalue weighted by molar-refractivity contribution is 6.31. The van der Waals surface area contributed by atoms with Gasteiger partial charge in [0.15, 0.2) is 0 Å². The number of nitrogens with two attached hydrogens (primary N) is 1. The third-order valence-electron chi connectivity index (χ3n) is 3.20. The summed E-state index contributed by atoms with van der Waals surface area (Å²) in [6, 6.07) is 1.94. The van der Waals surface area contributed by atoms with E-state index in [0.29, 0.717) is 10.9 Å². The number of nitrogens with one attached hydrogen (secondary N) is 1. The van der Waals surface area contributed by atoms with Crippen molar-refractivity contribution in [2.75, 3.05) is 13.1 Å². The van der Waals surface area contributed by atoms with E-state index in [1.807, 2.05) is 6.07 Å². The van der Waals surface area contributed by atoms with Crippen LogP contribution in [-0.2, 0) is 6.54 Å². The summed E-state index contributed by atoms with van der Waals surface area (Å²) in [6.07, 6.45) is 5.54. The Morgan fingerprint density at radius 1 is 1.65 bits per heavy atom. The van der Waals surface area contributed by atoms with Crippen LogP contribution in [0.3, 0.4) is 0 Å². The predicted molar refractivity (Wildman–Crippen MR) is 69.2 cm³/mol. The second-order valence-electron chi connectivity index (χ2n) is 4.50. The lowest BCUT2D eigenvalue weighted by molar-refractivity contribution is 0.196. The van der Waals surface area contributed by atoms with Crippen LogP contribution in [0.5, 0.6) is 0 Å². The van der Waals surface area contributed by atoms with E-state index in [1.165, 1.54) is 0 Å². The Morgan fingerprint density at radius 2 is 2.47 bits per heavy atom. The molecule has 1 atom stereocenters. The van der Waals surface area contributed by atoms with Gasteiger partial charge in [-0.3, -0.25) is 15.3 Å². The largest absolute Gasteiger partial charge is 0.387 e. The van der Waals surface area contributed by atoms with Crippen molar-refractivity contribution in [3.05, 3.63) is 29.0 Å². The third kappa shape index (κ3) is 3.17. The van der Waals surface area contributed by atoms with Gasteiger partial charge in [0.1, 0.15) is 0 Å². The second kappa shape index (κ2) is 5.47. The standard InChI is InChI=1S/C12H17ClN4/c13-11-6-16-4-3-9(11)7-17-5-1-2-10(8-17)12(14)15/h3-4,6,10H,1-2,5,7-8H2,(H3,14,15). The van der Waals surface area contributed by atoms with Gasteiger partial charge in [-0.05, 0) is 31.0 Å². The fourth-order valence-corrected chi connectivity index (χ4v) is 2.41. The Morgan fingerprint density at radius 3 is 3.18 bits per heavy atom. The molecule has 5 heteroatoms. The molecule has 0 aliphatic carbocycles. The van der Waals surface area contributed by atoms with Crippen LogP contribution in [0, 0.1) is 11.3 Å². The monoisotopic (exact) mass is 252 g/mol. The molecule has 0 aromatic carbocycles. The summed E-state index contributed by atoms with van der Waals surface area (Å²) >= 11 is 6.09. The summed E-state index contributed by atoms with van der Waals surface area (Å²) in [7, 11) is 0. The Bertz CT molecular complexity index is 407. The highest BCUT2D eigenvalue weighted by atomic mass is 35.5. The van der Waals surface area contributed by atoms with Gasteiger partial charge in [-0.2, -0.15) is 0 Å². The van der Waals surface area contributed by atoms with Crippen molar-refractivity contribution in [1.82, 2.24) is 9.88 Å². The number of pyridine rings is 1. The summed E-state index contributed by atoms with van der Waals surface area (Å²) in [5.41, 5.74) is 6.66. The van der Waals surface area contributed by atoms with Crippen LogP contribution in [0.25, 0.3) is 0 Å². The zero-order valence-electron chi connectivity index (χ0n) is 9.69. The quantitative estimate of drug-likeness (QED) is 0.638. The van der Waals surface area contributed by atoms with Gasteiger partial charge in [-0.15, -0.1) is 0 Å². The van der Waals surface area contributed by atoms with Crippen molar-refractivity contribution in [3.63, 3.8) is 0 Å². The maximum Gasteiger partial charge on any atom is 0.0949 e. The van der Waals surface area contributed by atoms with Crippen LogP contribution in [0.1, 0.15) is 18.4 Å². The molecular weight excluding hydrogens is 236 g/mol. The summed E-state index contributed by atoms with van der Waals surface area (Å²) in [6.45, 7) is 2.71. The molecular formula is C12H17ClN4. The Kier molecular flexibility index (Phi) is 3.97. The van der Waals surface area contributed by atoms with E-state index in [2.05, 4.69) is 9.88 Å². The maximum absolute atomic E-state index is 7.52. The third-order valence-corrected chi connectivity index (χ3v) is 3.54. The molecule has 4 nitrogen and oxygen atoms in total. The predicted octanol–water partition coefficient (Wildman–Crippen LogP) is 1.88. The highest BCUT2D eigenvalue weighted by Crippen LogP contribution is 2.21. The summed E-state index contributed by atoms with van der Waals surface area (Å²) in [5.74, 6) is 0.500. The van der Waals surface area contributed by atoms with Crippen molar-refractivity contribution < 1.29 is 0 Å². The van der Waals surface area contributed by atoms with E-state index >= 15 is 0 Å². The van der Waals surface area contributed by atoms with Crippen LogP contribution in [0.2, 0.25) is 5.02 Å². The number of hydrogen-bond acceptors (Lipinski definition) is 3. The van der Waals surface area contributed by atoms with Crippen molar-refractivity contribution >= 4 is 17.4 Å². The van der Waals surface area contributed by atoms with Gasteiger partial charge in [0.05, 0.1) is 10.9 Å². The van der Waals surface area contributed by atoms with Gasteiger partial charge in [-0.1, -0.05) is 11.6 Å². The minimum Gasteiger partial charge on any atom is -0.387 e. The van der Waals surface area contributed by atoms with E-state index in [9.17, 15) is 0 Å². The molecule has 1 unspecified atom stereocenters. The van der Waals surface area contributed by atoms with Gasteiger partial charge in [0.2, 0.25) is 0 Å². The Labute approximate surface area is 106 Å². The van der Waals surface area contributed by atoms with Crippen molar-refractivity contribution in [1.29, 1.82) is 5.41 Å². The first-order valence-electron chi connectivity index (χ1n) is 5.81. The van der Waals surface area contributed by atoms with Gasteiger partial charge < -0.3 is 5.73 Å². The molecule has 1 aliphatic heterocycles. The number of nitrogens with zero attached hydrogens (tertiary/aromatic N) is 2. The molecule has 1 saturated heterocycles. The van der Waals surface area contributed by atoms with E-state index < -0.39 is 0 Å². The van der Waals surface area contributed by atoms with Gasteiger partial charge in [0.25, 0.3) is 0 Å². The number of amidine groups is 1. The van der Waals surface area contributed by atoms with Gasteiger partial charge >= 0.3 is 0 Å². The zero-order chi connectivity index (χ0) is 12.3. The summed E-state index contributed by atoms with van der Waals surface area (Å²) in [4.78, 5) is 6.28. The molecule has 1 aromatic heterocycles. The molecule has 0 amide bonds. The first kappa shape index (κ1) is 12.3. The number of aromatic nitrogens is 1. The molecule has 0 saturated carbocycles. The van der Waals surface area contributed by atoms with Crippen molar-refractivity contribution in [2.24, 2.45) is 11.7 Å². The molecule has 1 aromatic rings. The first-order chi connectivity index (χ1) is 8.16. The van der Waals surface area contributed by atoms with Gasteiger partial charge in [0, 0.05) is 31.4 Å². The zero-order valence-corrected chi connectivity index (χ0v) is 10.5. The molecule has 3 N–H and O–H groups in total. The summed E-state index contributed by atoms with van der Waals surface area (Å²) in [5, 5.41) is 8.22. The van der Waals surface area contributed by atoms with Crippen molar-refractivity contribution in [2.45, 2.75) is 19.4 Å². The molecule has 2 heterocycles. The topological polar surface area (TPSA) is 66.0 Å². The molecule has 1 fully saturated rings. The van der Waals surface area contributed by atoms with E-state index in [-0.39, 0.29) is 5.92 Å². The molecule has 17 heavy (non-hydrogen) atoms. The van der Waals surface area contributed by atoms with Crippen LogP contribution >= 0.6 is 11.6 Å². The van der Waals surface area contributed by atoms with Crippen LogP contribution in [0.15, 0.2) is 18.5 Å². The molecule has 0 spiro atoms. The smallest absolute Gasteiger partial charge is 0.0949 e. The summed E-state index contributed by atoms with van der Waals surface area (Å²) < 4.78 is 0. The lowest BCUT2D eigenvalue weighted by Crippen LogP contribution is -2.40. The normalized spacial score (nSPS) is 21.4. The lowest BCUT2D eigenvalue weighted by atomic mass is 9.97. The number of likely N-dealkylation sites (tertiary alicyclic amines) is 1. The maximum atomic E-state index is 7.52. The minimum atomic E-state index is 0.198. The van der Waals surface area contributed by atoms with E-state index in [1.54, 1.807) is 12.4 Å². The highest BCUT2D eigenvalue weighted by Gasteiger charge is 2.22. The van der Waals surface area contributed by atoms with Crippen LogP contribution in [0.4, 0.5) is 0 Å². The Hall–Kier alpha value is -1.13. The van der Waals surface area contributed by atoms with E-state index in [0.717, 1.165) is 38.0 Å². The molecule has 92 valence electrons. The average Bonchev–Trinajstić information content (AvgIpc) is 2.32. The molecule has 1 aliphatic rings. The number of hydrogen-bond donors (Lipinski definition) is 2. The molecule has 2 rings (SSSR count). The number of rotatable bonds is 3. The number of halogens is 1. The SMILES string of the molecule is N=C(N)C1CCCN(Cc2ccncc2Cl)C1. The van der Waals surface area contributed by atoms with Gasteiger partial charge in [-0.25, -0.2) is 0 Å². The second-order valence-corrected chi connectivity index (χ2v) is 4.90. The minimum absolute atomic E-state index is 0.198. The van der Waals surface area contributed by atoms with Crippen molar-refractivity contribution in [3.8, 4) is 0 Å². The fourth-order valence-electron chi connectivity index (χ4n) is 2.23. The van der Waals surface area contributed by atoms with Crippen LogP contribution in [-0.4, -0.2) is 28.8 Å². The average molecular weight is 253 g/mol. The number of piperidine rings is 1. The molecule has 0 radical (unpaired) electrons.